The van der Waals surface area contributed by atoms with Gasteiger partial charge in [-0.2, -0.15) is 0 Å². The lowest BCUT2D eigenvalue weighted by Crippen LogP contribution is -2.49. The summed E-state index contributed by atoms with van der Waals surface area (Å²) >= 11 is 0. The Balaban J connectivity index is 0.808. The molecule has 3 aliphatic heterocycles. The molecule has 290 valence electrons. The van der Waals surface area contributed by atoms with Crippen molar-refractivity contribution in [1.29, 1.82) is 0 Å². The van der Waals surface area contributed by atoms with E-state index in [1.807, 2.05) is 48.5 Å². The molecule has 0 spiro atoms. The number of phenolic OH excluding ortho intramolecular Hbond substituents is 1. The molecule has 2 aliphatic carbocycles. The molecule has 8 nitrogen and oxygen atoms in total. The van der Waals surface area contributed by atoms with Crippen LogP contribution in [0.3, 0.4) is 0 Å². The molecule has 56 heavy (non-hydrogen) atoms. The predicted molar refractivity (Wildman–Crippen MR) is 211 cm³/mol. The van der Waals surface area contributed by atoms with Gasteiger partial charge in [0.1, 0.15) is 23.2 Å². The number of hydrogen-bond donors (Lipinski definition) is 1. The minimum Gasteiger partial charge on any atom is -0.508 e. The molecular formula is C46H48F2N4O4. The van der Waals surface area contributed by atoms with Crippen molar-refractivity contribution in [2.24, 2.45) is 5.92 Å². The highest BCUT2D eigenvalue weighted by Crippen LogP contribution is 2.49. The van der Waals surface area contributed by atoms with E-state index in [4.69, 9.17) is 0 Å². The Hall–Kier alpha value is -5.09. The number of piperidine rings is 1. The fraction of sp³-hybridized carbons (Fsp3) is 0.413. The molecule has 1 unspecified atom stereocenters. The third kappa shape index (κ3) is 6.97. The van der Waals surface area contributed by atoms with Gasteiger partial charge in [0.2, 0.25) is 0 Å². The number of benzene rings is 4. The average molecular weight is 759 g/mol. The van der Waals surface area contributed by atoms with Gasteiger partial charge in [-0.05, 0) is 109 Å². The molecule has 0 bridgehead atoms. The molecule has 2 saturated heterocycles. The number of hydrogen-bond acceptors (Lipinski definition) is 7. The van der Waals surface area contributed by atoms with Crippen LogP contribution in [0.4, 0.5) is 20.2 Å². The number of Topliss-reactive ketones (excluding diaryl/α,β-unsaturated/α-hetero) is 2. The van der Waals surface area contributed by atoms with Crippen LogP contribution in [0.15, 0.2) is 78.9 Å². The SMILES string of the molecule is O=C1CC[C@H](N2Cc3cc(N4CCN(CC5CCN(c6cc(F)c(C7c8ccc(O)cc8CC[C@@H]7c7ccccc7)c(F)c6)CC5)CC4)ccc3C2=O)C(=O)C1. The van der Waals surface area contributed by atoms with E-state index in [0.717, 1.165) is 99.4 Å². The van der Waals surface area contributed by atoms with Crippen LogP contribution in [0.2, 0.25) is 0 Å². The van der Waals surface area contributed by atoms with Crippen LogP contribution in [0.25, 0.3) is 0 Å². The second-order valence-corrected chi connectivity index (χ2v) is 16.5. The van der Waals surface area contributed by atoms with Gasteiger partial charge < -0.3 is 19.8 Å². The number of phenols is 1. The molecule has 1 amide bonds. The van der Waals surface area contributed by atoms with E-state index in [-0.39, 0.29) is 41.1 Å². The number of piperazine rings is 1. The second-order valence-electron chi connectivity index (χ2n) is 16.5. The van der Waals surface area contributed by atoms with Crippen molar-refractivity contribution < 1.29 is 28.3 Å². The largest absolute Gasteiger partial charge is 0.508 e. The van der Waals surface area contributed by atoms with Gasteiger partial charge in [0, 0.05) is 87.2 Å². The van der Waals surface area contributed by atoms with E-state index >= 15 is 8.78 Å². The number of carbonyl (C=O) groups excluding carboxylic acids is 3. The number of fused-ring (bicyclic) bond motifs is 2. The summed E-state index contributed by atoms with van der Waals surface area (Å²) in [5.74, 6) is -1.25. The molecule has 9 rings (SSSR count). The average Bonchev–Trinajstić information content (AvgIpc) is 3.53. The third-order valence-corrected chi connectivity index (χ3v) is 13.2. The highest BCUT2D eigenvalue weighted by Gasteiger charge is 2.40. The highest BCUT2D eigenvalue weighted by atomic mass is 19.1. The Morgan fingerprint density at radius 2 is 1.43 bits per heavy atom. The molecule has 3 fully saturated rings. The van der Waals surface area contributed by atoms with Crippen molar-refractivity contribution >= 4 is 28.8 Å². The summed E-state index contributed by atoms with van der Waals surface area (Å²) in [6, 6.07) is 23.7. The van der Waals surface area contributed by atoms with Gasteiger partial charge in [0.05, 0.1) is 12.5 Å². The number of anilines is 2. The molecule has 1 saturated carbocycles. The van der Waals surface area contributed by atoms with Gasteiger partial charge in [-0.15, -0.1) is 0 Å². The lowest BCUT2D eigenvalue weighted by atomic mass is 9.69. The van der Waals surface area contributed by atoms with E-state index in [1.165, 1.54) is 12.1 Å². The van der Waals surface area contributed by atoms with Gasteiger partial charge in [-0.3, -0.25) is 19.3 Å². The van der Waals surface area contributed by atoms with Crippen LogP contribution in [-0.2, 0) is 22.6 Å². The maximum Gasteiger partial charge on any atom is 0.255 e. The van der Waals surface area contributed by atoms with Crippen molar-refractivity contribution in [2.45, 2.75) is 69.4 Å². The monoisotopic (exact) mass is 758 g/mol. The first-order chi connectivity index (χ1) is 27.2. The number of aryl methyl sites for hydroxylation is 1. The molecular weight excluding hydrogens is 711 g/mol. The molecule has 0 radical (unpaired) electrons. The maximum absolute atomic E-state index is 16.3. The minimum absolute atomic E-state index is 0.0414. The molecule has 5 aliphatic rings. The molecule has 3 atom stereocenters. The molecule has 0 aromatic heterocycles. The zero-order chi connectivity index (χ0) is 38.5. The Bertz CT molecular complexity index is 2140. The van der Waals surface area contributed by atoms with Crippen molar-refractivity contribution in [3.63, 3.8) is 0 Å². The van der Waals surface area contributed by atoms with Crippen molar-refractivity contribution in [1.82, 2.24) is 9.80 Å². The van der Waals surface area contributed by atoms with Crippen LogP contribution >= 0.6 is 0 Å². The predicted octanol–water partition coefficient (Wildman–Crippen LogP) is 7.22. The number of aromatic hydroxyl groups is 1. The fourth-order valence-electron chi connectivity index (χ4n) is 10.2. The van der Waals surface area contributed by atoms with Crippen LogP contribution in [0, 0.1) is 17.6 Å². The first-order valence-electron chi connectivity index (χ1n) is 20.3. The van der Waals surface area contributed by atoms with E-state index < -0.39 is 23.6 Å². The number of carbonyl (C=O) groups is 3. The number of amides is 1. The van der Waals surface area contributed by atoms with Gasteiger partial charge in [0.15, 0.2) is 5.78 Å². The molecule has 1 N–H and O–H groups in total. The lowest BCUT2D eigenvalue weighted by molar-refractivity contribution is -0.133. The van der Waals surface area contributed by atoms with Crippen molar-refractivity contribution in [2.75, 3.05) is 55.6 Å². The summed E-state index contributed by atoms with van der Waals surface area (Å²) in [4.78, 5) is 46.1. The van der Waals surface area contributed by atoms with Crippen molar-refractivity contribution in [3.05, 3.63) is 124 Å². The van der Waals surface area contributed by atoms with Crippen LogP contribution in [0.5, 0.6) is 5.75 Å². The first kappa shape index (κ1) is 36.5. The molecule has 4 aromatic carbocycles. The standard InChI is InChI=1S/C46H48F2N4O4/c47-40-24-34(25-41(48)45(40)44-37(30-4-2-1-3-5-30)10-6-31-23-35(53)8-12-38(31)44)50-16-14-29(15-17-50)27-49-18-20-51(21-19-49)33-7-11-39-32(22-33)28-52(46(39)56)42-13-9-36(54)26-43(42)55/h1-5,7-8,11-12,22-25,29,37,42,44,53H,6,9-10,13-21,26-28H2/t37-,42+,44?/m1/s1. The van der Waals surface area contributed by atoms with Crippen molar-refractivity contribution in [3.8, 4) is 5.75 Å². The number of ketones is 2. The quantitative estimate of drug-likeness (QED) is 0.200. The normalized spacial score (nSPS) is 23.4. The van der Waals surface area contributed by atoms with Gasteiger partial charge in [-0.1, -0.05) is 36.4 Å². The Morgan fingerprint density at radius 3 is 2.16 bits per heavy atom. The first-order valence-corrected chi connectivity index (χ1v) is 20.3. The summed E-state index contributed by atoms with van der Waals surface area (Å²) in [6.45, 7) is 6.50. The second kappa shape index (κ2) is 15.1. The molecule has 3 heterocycles. The summed E-state index contributed by atoms with van der Waals surface area (Å²) < 4.78 is 32.6. The van der Waals surface area contributed by atoms with Gasteiger partial charge >= 0.3 is 0 Å². The summed E-state index contributed by atoms with van der Waals surface area (Å²) in [5, 5.41) is 10.2. The Labute approximate surface area is 326 Å². The highest BCUT2D eigenvalue weighted by molar-refractivity contribution is 6.07. The molecule has 4 aromatic rings. The summed E-state index contributed by atoms with van der Waals surface area (Å²) in [6.07, 6.45) is 4.06. The van der Waals surface area contributed by atoms with E-state index in [2.05, 4.69) is 20.8 Å². The zero-order valence-electron chi connectivity index (χ0n) is 31.6. The van der Waals surface area contributed by atoms with Gasteiger partial charge in [0.25, 0.3) is 5.91 Å². The van der Waals surface area contributed by atoms with E-state index in [9.17, 15) is 19.5 Å². The number of halogens is 2. The van der Waals surface area contributed by atoms with E-state index in [0.29, 0.717) is 36.6 Å². The van der Waals surface area contributed by atoms with Crippen LogP contribution in [0.1, 0.15) is 88.5 Å². The van der Waals surface area contributed by atoms with Gasteiger partial charge in [-0.25, -0.2) is 8.78 Å². The summed E-state index contributed by atoms with van der Waals surface area (Å²) in [7, 11) is 0. The Morgan fingerprint density at radius 1 is 0.696 bits per heavy atom. The third-order valence-electron chi connectivity index (χ3n) is 13.2. The van der Waals surface area contributed by atoms with Crippen LogP contribution in [-0.4, -0.2) is 84.2 Å². The molecule has 10 heteroatoms. The topological polar surface area (TPSA) is 84.4 Å². The Kier molecular flexibility index (Phi) is 9.86. The smallest absolute Gasteiger partial charge is 0.255 e. The summed E-state index contributed by atoms with van der Waals surface area (Å²) in [5.41, 5.74) is 6.25. The van der Waals surface area contributed by atoms with E-state index in [1.54, 1.807) is 17.0 Å². The number of nitrogens with zero attached hydrogens (tertiary/aromatic N) is 4. The van der Waals surface area contributed by atoms with Crippen LogP contribution < -0.4 is 9.80 Å². The maximum atomic E-state index is 16.3. The fourth-order valence-corrected chi connectivity index (χ4v) is 10.2. The number of rotatable bonds is 7. The minimum atomic E-state index is -0.517. The lowest BCUT2D eigenvalue weighted by Gasteiger charge is -2.40. The zero-order valence-corrected chi connectivity index (χ0v) is 31.6.